The third-order valence-corrected chi connectivity index (χ3v) is 7.22. The van der Waals surface area contributed by atoms with E-state index in [0.29, 0.717) is 0 Å². The van der Waals surface area contributed by atoms with Crippen molar-refractivity contribution >= 4 is 39.5 Å². The van der Waals surface area contributed by atoms with Crippen molar-refractivity contribution in [1.82, 2.24) is 20.4 Å². The number of alkyl carbamates (subject to hydrolysis) is 1. The van der Waals surface area contributed by atoms with Gasteiger partial charge < -0.3 is 24.6 Å². The lowest BCUT2D eigenvalue weighted by Gasteiger charge is -2.30. The molecule has 0 saturated heterocycles. The number of ether oxygens (including phenoxy) is 1. The maximum atomic E-state index is 14.2. The Morgan fingerprint density at radius 2 is 1.41 bits per heavy atom. The summed E-state index contributed by atoms with van der Waals surface area (Å²) in [5.74, 6) is -2.33. The summed E-state index contributed by atoms with van der Waals surface area (Å²) in [5.41, 5.74) is 0.931. The van der Waals surface area contributed by atoms with Gasteiger partial charge in [0, 0.05) is 19.9 Å². The first-order chi connectivity index (χ1) is 21.0. The number of carbonyl (C=O) groups is 3. The van der Waals surface area contributed by atoms with E-state index < -0.39 is 41.5 Å². The van der Waals surface area contributed by atoms with Crippen LogP contribution in [0.5, 0.6) is 0 Å². The fraction of sp³-hybridized carbons (Fsp3) is 0.265. The highest BCUT2D eigenvalue weighted by Crippen LogP contribution is 2.27. The molecule has 44 heavy (non-hydrogen) atoms. The molecule has 2 N–H and O–H groups in total. The minimum atomic E-state index is -1.35. The van der Waals surface area contributed by atoms with Crippen LogP contribution in [0.3, 0.4) is 0 Å². The Labute approximate surface area is 254 Å². The zero-order chi connectivity index (χ0) is 31.4. The van der Waals surface area contributed by atoms with Crippen molar-refractivity contribution in [1.29, 1.82) is 0 Å². The highest BCUT2D eigenvalue weighted by atomic mass is 16.6. The molecule has 4 aromatic carbocycles. The standard InChI is InChI=1S/C34H34N4O6/c1-34(2,3)43-33(42)35-27(19-21-13-15-23-9-5-7-11-25(23)17-21)31(39)38(4)28(30-36-29(32(40)41)37-44-30)20-22-14-16-24-10-6-8-12-26(24)18-22/h5-18,27-28H,19-20H2,1-4H3,(H,35,42)(H,40,41)/t27-,28-/m1/s1. The van der Waals surface area contributed by atoms with Crippen LogP contribution in [0.2, 0.25) is 0 Å². The molecular weight excluding hydrogens is 560 g/mol. The van der Waals surface area contributed by atoms with Crippen molar-refractivity contribution in [3.63, 3.8) is 0 Å². The van der Waals surface area contributed by atoms with Gasteiger partial charge in [0.2, 0.25) is 11.8 Å². The monoisotopic (exact) mass is 594 g/mol. The predicted octanol–water partition coefficient (Wildman–Crippen LogP) is 5.95. The maximum Gasteiger partial charge on any atom is 0.408 e. The molecule has 0 bridgehead atoms. The third kappa shape index (κ3) is 7.20. The Morgan fingerprint density at radius 1 is 0.864 bits per heavy atom. The summed E-state index contributed by atoms with van der Waals surface area (Å²) in [6.45, 7) is 5.23. The van der Waals surface area contributed by atoms with Crippen LogP contribution in [0.25, 0.3) is 21.5 Å². The van der Waals surface area contributed by atoms with Gasteiger partial charge >= 0.3 is 12.1 Å². The number of aromatic nitrogens is 2. The Hall–Kier alpha value is -5.25. The molecule has 0 aliphatic rings. The molecule has 0 fully saturated rings. The quantitative estimate of drug-likeness (QED) is 0.214. The molecule has 1 aromatic heterocycles. The normalized spacial score (nSPS) is 12.9. The molecule has 0 aliphatic carbocycles. The topological polar surface area (TPSA) is 135 Å². The number of hydrogen-bond acceptors (Lipinski definition) is 7. The van der Waals surface area contributed by atoms with Crippen LogP contribution in [0.15, 0.2) is 89.5 Å². The van der Waals surface area contributed by atoms with Gasteiger partial charge in [0.1, 0.15) is 17.7 Å². The number of hydrogen-bond donors (Lipinski definition) is 2. The zero-order valence-electron chi connectivity index (χ0n) is 25.0. The van der Waals surface area contributed by atoms with E-state index in [9.17, 15) is 19.5 Å². The number of fused-ring (bicyclic) bond motifs is 2. The van der Waals surface area contributed by atoms with E-state index in [1.807, 2.05) is 84.9 Å². The Bertz CT molecular complexity index is 1830. The second kappa shape index (κ2) is 12.5. The number of carboxylic acid groups (broad SMARTS) is 1. The lowest BCUT2D eigenvalue weighted by atomic mass is 9.98. The number of nitrogens with zero attached hydrogens (tertiary/aromatic N) is 3. The molecule has 0 spiro atoms. The molecule has 5 aromatic rings. The smallest absolute Gasteiger partial charge is 0.408 e. The maximum absolute atomic E-state index is 14.2. The van der Waals surface area contributed by atoms with Crippen molar-refractivity contribution in [2.45, 2.75) is 51.3 Å². The largest absolute Gasteiger partial charge is 0.475 e. The number of amides is 2. The van der Waals surface area contributed by atoms with Crippen molar-refractivity contribution < 1.29 is 28.8 Å². The lowest BCUT2D eigenvalue weighted by Crippen LogP contribution is -2.50. The molecule has 0 aliphatic heterocycles. The highest BCUT2D eigenvalue weighted by molar-refractivity contribution is 5.88. The van der Waals surface area contributed by atoms with Gasteiger partial charge in [0.15, 0.2) is 0 Å². The molecule has 0 unspecified atom stereocenters. The summed E-state index contributed by atoms with van der Waals surface area (Å²) in [6.07, 6.45) is -0.300. The highest BCUT2D eigenvalue weighted by Gasteiger charge is 2.34. The molecule has 226 valence electrons. The average molecular weight is 595 g/mol. The fourth-order valence-corrected chi connectivity index (χ4v) is 5.09. The van der Waals surface area contributed by atoms with Gasteiger partial charge in [0.05, 0.1) is 0 Å². The summed E-state index contributed by atoms with van der Waals surface area (Å²) in [5, 5.41) is 19.9. The van der Waals surface area contributed by atoms with Crippen LogP contribution >= 0.6 is 0 Å². The number of nitrogens with one attached hydrogen (secondary N) is 1. The van der Waals surface area contributed by atoms with Gasteiger partial charge in [0.25, 0.3) is 5.82 Å². The van der Waals surface area contributed by atoms with Gasteiger partial charge in [-0.1, -0.05) is 84.9 Å². The summed E-state index contributed by atoms with van der Waals surface area (Å²) in [7, 11) is 1.57. The number of carboxylic acids is 1. The zero-order valence-corrected chi connectivity index (χ0v) is 25.0. The Morgan fingerprint density at radius 3 is 1.93 bits per heavy atom. The van der Waals surface area contributed by atoms with Crippen molar-refractivity contribution in [3.8, 4) is 0 Å². The summed E-state index contributed by atoms with van der Waals surface area (Å²) in [4.78, 5) is 44.2. The first-order valence-electron chi connectivity index (χ1n) is 14.3. The van der Waals surface area contributed by atoms with Crippen LogP contribution in [-0.4, -0.2) is 56.8 Å². The third-order valence-electron chi connectivity index (χ3n) is 7.22. The van der Waals surface area contributed by atoms with Gasteiger partial charge in [-0.15, -0.1) is 0 Å². The molecule has 0 radical (unpaired) electrons. The Balaban J connectivity index is 1.48. The lowest BCUT2D eigenvalue weighted by molar-refractivity contribution is -0.135. The number of carbonyl (C=O) groups excluding carboxylic acids is 2. The molecule has 2 atom stereocenters. The van der Waals surface area contributed by atoms with Gasteiger partial charge in [-0.25, -0.2) is 9.59 Å². The van der Waals surface area contributed by atoms with E-state index >= 15 is 0 Å². The molecule has 0 saturated carbocycles. The summed E-state index contributed by atoms with van der Waals surface area (Å²) < 4.78 is 10.9. The van der Waals surface area contributed by atoms with Crippen molar-refractivity contribution in [3.05, 3.63) is 108 Å². The van der Waals surface area contributed by atoms with E-state index in [1.54, 1.807) is 27.8 Å². The molecule has 10 nitrogen and oxygen atoms in total. The van der Waals surface area contributed by atoms with Gasteiger partial charge in [-0.3, -0.25) is 4.79 Å². The van der Waals surface area contributed by atoms with Gasteiger partial charge in [-0.2, -0.15) is 4.98 Å². The minimum absolute atomic E-state index is 0.0341. The van der Waals surface area contributed by atoms with Crippen LogP contribution in [-0.2, 0) is 22.4 Å². The van der Waals surface area contributed by atoms with E-state index in [1.165, 1.54) is 4.90 Å². The van der Waals surface area contributed by atoms with E-state index in [-0.39, 0.29) is 18.7 Å². The number of benzene rings is 4. The molecule has 2 amide bonds. The van der Waals surface area contributed by atoms with Crippen LogP contribution in [0.4, 0.5) is 4.79 Å². The summed E-state index contributed by atoms with van der Waals surface area (Å²) in [6, 6.07) is 25.7. The second-order valence-electron chi connectivity index (χ2n) is 11.7. The van der Waals surface area contributed by atoms with E-state index in [4.69, 9.17) is 9.26 Å². The van der Waals surface area contributed by atoms with E-state index in [0.717, 1.165) is 32.7 Å². The Kier molecular flexibility index (Phi) is 8.61. The number of likely N-dealkylation sites (N-methyl/N-ethyl adjacent to an activating group) is 1. The fourth-order valence-electron chi connectivity index (χ4n) is 5.09. The second-order valence-corrected chi connectivity index (χ2v) is 11.7. The predicted molar refractivity (Wildman–Crippen MR) is 165 cm³/mol. The van der Waals surface area contributed by atoms with Gasteiger partial charge in [-0.05, 0) is 58.6 Å². The van der Waals surface area contributed by atoms with Crippen molar-refractivity contribution in [2.24, 2.45) is 0 Å². The first-order valence-corrected chi connectivity index (χ1v) is 14.3. The van der Waals surface area contributed by atoms with Crippen LogP contribution in [0, 0.1) is 0 Å². The van der Waals surface area contributed by atoms with E-state index in [2.05, 4.69) is 15.5 Å². The average Bonchev–Trinajstić information content (AvgIpc) is 3.48. The summed E-state index contributed by atoms with van der Waals surface area (Å²) >= 11 is 0. The molecule has 10 heteroatoms. The first kappa shape index (κ1) is 30.2. The van der Waals surface area contributed by atoms with Crippen LogP contribution < -0.4 is 5.32 Å². The van der Waals surface area contributed by atoms with Crippen molar-refractivity contribution in [2.75, 3.05) is 7.05 Å². The number of aromatic carboxylic acids is 1. The van der Waals surface area contributed by atoms with Crippen LogP contribution in [0.1, 0.15) is 54.4 Å². The molecule has 1 heterocycles. The molecular formula is C34H34N4O6. The SMILES string of the molecule is CN(C(=O)[C@@H](Cc1ccc2ccccc2c1)NC(=O)OC(C)(C)C)[C@H](Cc1ccc2ccccc2c1)c1nc(C(=O)O)no1. The minimum Gasteiger partial charge on any atom is -0.475 e. The molecule has 5 rings (SSSR count). The number of rotatable bonds is 9.